The number of aliphatic hydroxyl groups excluding tert-OH is 1. The van der Waals surface area contributed by atoms with E-state index in [1.165, 1.54) is 83.5 Å². The van der Waals surface area contributed by atoms with Gasteiger partial charge in [0.15, 0.2) is 0 Å². The van der Waals surface area contributed by atoms with Gasteiger partial charge in [0, 0.05) is 0 Å². The van der Waals surface area contributed by atoms with Crippen LogP contribution in [0.1, 0.15) is 136 Å². The van der Waals surface area contributed by atoms with E-state index in [9.17, 15) is 18.1 Å². The smallest absolute Gasteiger partial charge is 0.748 e. The summed E-state index contributed by atoms with van der Waals surface area (Å²) in [6.07, 6.45) is 20.7. The molecule has 29 heavy (non-hydrogen) atoms. The van der Waals surface area contributed by atoms with Gasteiger partial charge in [-0.1, -0.05) is 117 Å². The minimum Gasteiger partial charge on any atom is -0.748 e. The molecule has 0 radical (unpaired) electrons. The Bertz CT molecular complexity index is 429. The van der Waals surface area contributed by atoms with Gasteiger partial charge in [0.25, 0.3) is 0 Å². The van der Waals surface area contributed by atoms with Gasteiger partial charge >= 0.3 is 51.4 Å². The van der Waals surface area contributed by atoms with E-state index in [2.05, 4.69) is 6.92 Å². The third-order valence-corrected chi connectivity index (χ3v) is 7.04. The zero-order valence-corrected chi connectivity index (χ0v) is 23.6. The number of rotatable bonds is 21. The van der Waals surface area contributed by atoms with Gasteiger partial charge < -0.3 is 9.66 Å². The van der Waals surface area contributed by atoms with Crippen LogP contribution in [0.2, 0.25) is 0 Å². The second-order valence-electron chi connectivity index (χ2n) is 8.50. The molecule has 170 valence electrons. The number of aliphatic hydroxyl groups is 1. The zero-order chi connectivity index (χ0) is 21.1. The van der Waals surface area contributed by atoms with Crippen LogP contribution in [-0.4, -0.2) is 29.4 Å². The van der Waals surface area contributed by atoms with Crippen LogP contribution in [-0.2, 0) is 10.1 Å². The van der Waals surface area contributed by atoms with Gasteiger partial charge in [-0.05, 0) is 19.3 Å². The third kappa shape index (κ3) is 22.5. The van der Waals surface area contributed by atoms with Gasteiger partial charge in [-0.2, -0.15) is 0 Å². The first-order valence-electron chi connectivity index (χ1n) is 12.0. The van der Waals surface area contributed by atoms with Gasteiger partial charge in [-0.3, -0.25) is 0 Å². The summed E-state index contributed by atoms with van der Waals surface area (Å²) in [4.78, 5) is 0. The Morgan fingerprint density at radius 1 is 0.690 bits per heavy atom. The maximum atomic E-state index is 11.3. The van der Waals surface area contributed by atoms with Crippen LogP contribution < -0.4 is 51.4 Å². The zero-order valence-electron chi connectivity index (χ0n) is 19.7. The molecule has 0 aromatic carbocycles. The third-order valence-electron chi connectivity index (χ3n) is 5.79. The molecule has 2 unspecified atom stereocenters. The predicted molar refractivity (Wildman–Crippen MR) is 119 cm³/mol. The van der Waals surface area contributed by atoms with Crippen molar-refractivity contribution in [2.75, 3.05) is 0 Å². The molecule has 0 aliphatic heterocycles. The van der Waals surface area contributed by atoms with Crippen LogP contribution in [0.3, 0.4) is 0 Å². The second-order valence-corrected chi connectivity index (χ2v) is 10.2. The van der Waals surface area contributed by atoms with Crippen LogP contribution >= 0.6 is 0 Å². The van der Waals surface area contributed by atoms with E-state index in [0.29, 0.717) is 12.8 Å². The van der Waals surface area contributed by atoms with E-state index >= 15 is 0 Å². The molecule has 0 saturated carbocycles. The van der Waals surface area contributed by atoms with E-state index in [-0.39, 0.29) is 57.8 Å². The average Bonchev–Trinajstić information content (AvgIpc) is 2.65. The van der Waals surface area contributed by atoms with E-state index < -0.39 is 21.5 Å². The molecule has 1 N–H and O–H groups in total. The molecule has 0 aromatic heterocycles. The first-order valence-corrected chi connectivity index (χ1v) is 13.5. The summed E-state index contributed by atoms with van der Waals surface area (Å²) < 4.78 is 33.9. The van der Waals surface area contributed by atoms with E-state index in [1.807, 2.05) is 0 Å². The van der Waals surface area contributed by atoms with Crippen molar-refractivity contribution < 1.29 is 69.5 Å². The monoisotopic (exact) mass is 458 g/mol. The van der Waals surface area contributed by atoms with Crippen molar-refractivity contribution in [3.05, 3.63) is 0 Å². The predicted octanol–water partition coefficient (Wildman–Crippen LogP) is 3.72. The maximum absolute atomic E-state index is 11.3. The number of unbranched alkanes of at least 4 members (excludes halogenated alkanes) is 15. The van der Waals surface area contributed by atoms with Gasteiger partial charge in [0.1, 0.15) is 0 Å². The molecule has 6 heteroatoms. The van der Waals surface area contributed by atoms with E-state index in [4.69, 9.17) is 0 Å². The summed E-state index contributed by atoms with van der Waals surface area (Å²) in [6, 6.07) is 0. The van der Waals surface area contributed by atoms with Gasteiger partial charge in [-0.25, -0.2) is 8.42 Å². The molecule has 0 aliphatic rings. The summed E-state index contributed by atoms with van der Waals surface area (Å²) in [7, 11) is -4.30. The van der Waals surface area contributed by atoms with Crippen LogP contribution in [0, 0.1) is 0 Å². The molecule has 2 atom stereocenters. The molecule has 0 rings (SSSR count). The Labute approximate surface area is 224 Å². The van der Waals surface area contributed by atoms with E-state index in [1.54, 1.807) is 6.92 Å². The quantitative estimate of drug-likeness (QED) is 0.162. The van der Waals surface area contributed by atoms with Crippen LogP contribution in [0.5, 0.6) is 0 Å². The topological polar surface area (TPSA) is 77.4 Å². The first kappa shape index (κ1) is 32.7. The van der Waals surface area contributed by atoms with Crippen molar-refractivity contribution >= 4 is 10.1 Å². The summed E-state index contributed by atoms with van der Waals surface area (Å²) in [6.45, 7) is 4.06. The Hall–Kier alpha value is 1.51. The molecule has 0 fully saturated rings. The van der Waals surface area contributed by atoms with Crippen LogP contribution in [0.15, 0.2) is 0 Å². The molecule has 0 aromatic rings. The van der Waals surface area contributed by atoms with Crippen molar-refractivity contribution in [2.45, 2.75) is 147 Å². The fourth-order valence-electron chi connectivity index (χ4n) is 3.77. The first-order chi connectivity index (χ1) is 13.4. The summed E-state index contributed by atoms with van der Waals surface area (Å²) in [5.74, 6) is 0. The standard InChI is InChI=1S/C23H48O4S.K/c1-3-5-6-7-8-9-10-11-12-13-14-15-16-17-18-19-20-23(28(25,26)27)21-22(24)4-2;/h22-24H,3-21H2,1-2H3,(H,25,26,27);/q;+1/p-1. The van der Waals surface area contributed by atoms with Crippen molar-refractivity contribution in [2.24, 2.45) is 0 Å². The van der Waals surface area contributed by atoms with Crippen LogP contribution in [0.25, 0.3) is 0 Å². The van der Waals surface area contributed by atoms with Gasteiger partial charge in [-0.15, -0.1) is 0 Å². The molecular weight excluding hydrogens is 411 g/mol. The van der Waals surface area contributed by atoms with Gasteiger partial charge in [0.2, 0.25) is 0 Å². The second kappa shape index (κ2) is 22.7. The molecule has 0 bridgehead atoms. The van der Waals surface area contributed by atoms with Crippen molar-refractivity contribution in [3.63, 3.8) is 0 Å². The minimum absolute atomic E-state index is 0. The number of hydrogen-bond donors (Lipinski definition) is 1. The molecular formula is C23H47KO4S. The number of hydrogen-bond acceptors (Lipinski definition) is 4. The fourth-order valence-corrected chi connectivity index (χ4v) is 4.68. The SMILES string of the molecule is CCCCCCCCCCCCCCCCCCC(CC(O)CC)S(=O)(=O)[O-].[K+]. The van der Waals surface area contributed by atoms with Crippen molar-refractivity contribution in [3.8, 4) is 0 Å². The molecule has 0 heterocycles. The Kier molecular flexibility index (Phi) is 25.6. The molecule has 4 nitrogen and oxygen atoms in total. The molecule has 0 amide bonds. The van der Waals surface area contributed by atoms with Crippen LogP contribution in [0.4, 0.5) is 0 Å². The van der Waals surface area contributed by atoms with E-state index in [0.717, 1.165) is 19.3 Å². The Morgan fingerprint density at radius 2 is 1.03 bits per heavy atom. The largest absolute Gasteiger partial charge is 1.00 e. The molecule has 0 spiro atoms. The molecule has 0 aliphatic carbocycles. The summed E-state index contributed by atoms with van der Waals surface area (Å²) in [5.41, 5.74) is 0. The maximum Gasteiger partial charge on any atom is 1.00 e. The summed E-state index contributed by atoms with van der Waals surface area (Å²) in [5, 5.41) is 8.70. The van der Waals surface area contributed by atoms with Crippen molar-refractivity contribution in [1.82, 2.24) is 0 Å². The Balaban J connectivity index is 0. The minimum atomic E-state index is -4.30. The fraction of sp³-hybridized carbons (Fsp3) is 1.00. The van der Waals surface area contributed by atoms with Crippen molar-refractivity contribution in [1.29, 1.82) is 0 Å². The van der Waals surface area contributed by atoms with Gasteiger partial charge in [0.05, 0.1) is 21.5 Å². The average molecular weight is 459 g/mol. The normalized spacial score (nSPS) is 13.8. The summed E-state index contributed by atoms with van der Waals surface area (Å²) >= 11 is 0. The molecule has 0 saturated heterocycles. The Morgan fingerprint density at radius 3 is 1.34 bits per heavy atom.